The van der Waals surface area contributed by atoms with E-state index < -0.39 is 22.6 Å². The van der Waals surface area contributed by atoms with E-state index in [0.29, 0.717) is 14.9 Å². The van der Waals surface area contributed by atoms with Gasteiger partial charge in [-0.05, 0) is 24.7 Å². The van der Waals surface area contributed by atoms with Crippen molar-refractivity contribution >= 4 is 69.4 Å². The fourth-order valence-corrected chi connectivity index (χ4v) is 7.50. The zero-order chi connectivity index (χ0) is 24.6. The Morgan fingerprint density at radius 3 is 2.62 bits per heavy atom. The van der Waals surface area contributed by atoms with E-state index in [1.807, 2.05) is 6.07 Å². The first kappa shape index (κ1) is 25.3. The zero-order valence-electron chi connectivity index (χ0n) is 18.7. The molecule has 0 aliphatic carbocycles. The molecule has 2 N–H and O–H groups in total. The average molecular weight is 541 g/mol. The number of carboxylic acid groups (broad SMARTS) is 1. The fourth-order valence-electron chi connectivity index (χ4n) is 4.26. The molecule has 0 aromatic heterocycles. The summed E-state index contributed by atoms with van der Waals surface area (Å²) in [6.45, 7) is 4.83. The van der Waals surface area contributed by atoms with E-state index in [4.69, 9.17) is 23.8 Å². The number of rotatable bonds is 5. The van der Waals surface area contributed by atoms with Crippen LogP contribution in [-0.4, -0.2) is 91.6 Å². The quantitative estimate of drug-likeness (QED) is 0.431. The molecule has 3 atom stereocenters. The van der Waals surface area contributed by atoms with Crippen molar-refractivity contribution in [3.05, 3.63) is 46.1 Å². The van der Waals surface area contributed by atoms with Crippen LogP contribution < -0.4 is 5.32 Å². The minimum Gasteiger partial charge on any atom is -0.477 e. The summed E-state index contributed by atoms with van der Waals surface area (Å²) in [5.74, 6) is -2.02. The molecule has 0 radical (unpaired) electrons. The molecule has 2 saturated heterocycles. The maximum Gasteiger partial charge on any atom is 0.352 e. The van der Waals surface area contributed by atoms with Gasteiger partial charge in [0.05, 0.1) is 5.92 Å². The fraction of sp³-hybridized carbons (Fsp3) is 0.455. The summed E-state index contributed by atoms with van der Waals surface area (Å²) < 4.78 is 0.686. The van der Waals surface area contributed by atoms with Gasteiger partial charge in [-0.15, -0.1) is 11.8 Å². The van der Waals surface area contributed by atoms with Crippen LogP contribution in [0.2, 0.25) is 5.02 Å². The Morgan fingerprint density at radius 1 is 1.29 bits per heavy atom. The first-order chi connectivity index (χ1) is 16.2. The van der Waals surface area contributed by atoms with Crippen LogP contribution in [0.1, 0.15) is 18.4 Å². The molecule has 0 spiro atoms. The van der Waals surface area contributed by atoms with Gasteiger partial charge in [0, 0.05) is 49.5 Å². The molecule has 1 aromatic rings. The number of hydrogen-bond acceptors (Lipinski definition) is 7. The second-order valence-electron chi connectivity index (χ2n) is 8.37. The van der Waals surface area contributed by atoms with Gasteiger partial charge in [0.25, 0.3) is 0 Å². The number of carbonyl (C=O) groups is 3. The molecule has 4 rings (SSSR count). The molecule has 34 heavy (non-hydrogen) atoms. The van der Waals surface area contributed by atoms with Crippen LogP contribution in [-0.2, 0) is 14.4 Å². The number of hydrogen-bond donors (Lipinski definition) is 2. The smallest absolute Gasteiger partial charge is 0.352 e. The average Bonchev–Trinajstić information content (AvgIpc) is 2.77. The van der Waals surface area contributed by atoms with Gasteiger partial charge in [0.2, 0.25) is 11.8 Å². The first-order valence-electron chi connectivity index (χ1n) is 10.7. The van der Waals surface area contributed by atoms with Crippen LogP contribution in [0.15, 0.2) is 35.5 Å². The summed E-state index contributed by atoms with van der Waals surface area (Å²) in [7, 11) is 2.06. The summed E-state index contributed by atoms with van der Waals surface area (Å²) in [5.41, 5.74) is 1.13. The molecular weight excluding hydrogens is 516 g/mol. The third-order valence-corrected chi connectivity index (χ3v) is 9.28. The lowest BCUT2D eigenvalue weighted by Crippen LogP contribution is -2.62. The van der Waals surface area contributed by atoms with Crippen LogP contribution in [0.5, 0.6) is 0 Å². The third kappa shape index (κ3) is 5.08. The largest absolute Gasteiger partial charge is 0.477 e. The molecule has 3 aliphatic rings. The Bertz CT molecular complexity index is 1060. The number of carboxylic acids is 1. The summed E-state index contributed by atoms with van der Waals surface area (Å²) in [4.78, 5) is 43.2. The second kappa shape index (κ2) is 10.4. The van der Waals surface area contributed by atoms with Crippen molar-refractivity contribution in [2.45, 2.75) is 23.6 Å². The molecule has 2 amide bonds. The highest BCUT2D eigenvalue weighted by Gasteiger charge is 2.56. The number of benzene rings is 1. The van der Waals surface area contributed by atoms with Gasteiger partial charge in [-0.1, -0.05) is 47.7 Å². The number of thiocarbonyl (C=S) groups is 1. The maximum absolute atomic E-state index is 13.2. The minimum atomic E-state index is -1.19. The van der Waals surface area contributed by atoms with Crippen LogP contribution in [0.4, 0.5) is 0 Å². The molecule has 182 valence electrons. The van der Waals surface area contributed by atoms with Crippen molar-refractivity contribution < 1.29 is 19.5 Å². The van der Waals surface area contributed by atoms with Crippen molar-refractivity contribution in [3.8, 4) is 0 Å². The summed E-state index contributed by atoms with van der Waals surface area (Å²) in [5, 5.41) is 12.4. The lowest BCUT2D eigenvalue weighted by molar-refractivity contribution is -0.148. The van der Waals surface area contributed by atoms with Crippen molar-refractivity contribution in [2.75, 3.05) is 39.0 Å². The predicted octanol–water partition coefficient (Wildman–Crippen LogP) is 2.41. The van der Waals surface area contributed by atoms with Gasteiger partial charge in [-0.25, -0.2) is 4.79 Å². The highest BCUT2D eigenvalue weighted by Crippen LogP contribution is 2.51. The van der Waals surface area contributed by atoms with Gasteiger partial charge in [0.15, 0.2) is 0 Å². The topological polar surface area (TPSA) is 93.2 Å². The molecular formula is C22H25ClN4O4S3. The van der Waals surface area contributed by atoms with Gasteiger partial charge < -0.3 is 20.2 Å². The molecule has 2 unspecified atom stereocenters. The van der Waals surface area contributed by atoms with Gasteiger partial charge in [-0.3, -0.25) is 14.5 Å². The van der Waals surface area contributed by atoms with Crippen LogP contribution in [0, 0.1) is 0 Å². The highest BCUT2D eigenvalue weighted by molar-refractivity contribution is 8.23. The SMILES string of the molecule is CC(=O)NC1S[C@@H]2C(c3cccc(Cl)c3)C(=O)N2C(C(=O)O)=C1CSC(=S)N1CCN(C)CC1. The Balaban J connectivity index is 1.60. The van der Waals surface area contributed by atoms with Crippen molar-refractivity contribution in [1.29, 1.82) is 0 Å². The molecule has 3 aliphatic heterocycles. The summed E-state index contributed by atoms with van der Waals surface area (Å²) >= 11 is 14.5. The number of halogens is 1. The normalized spacial score (nSPS) is 25.0. The molecule has 12 heteroatoms. The van der Waals surface area contributed by atoms with E-state index in [-0.39, 0.29) is 23.3 Å². The standard InChI is InChI=1S/C22H25ClN4O4S3/c1-12(28)24-18-15(11-33-22(32)26-8-6-25(2)7-9-26)17(21(30)31)27-19(29)16(20(27)34-18)13-4-3-5-14(23)10-13/h3-5,10,16,18,20H,6-9,11H2,1-2H3,(H,24,28)(H,30,31)/t16?,18?,20-/m1/s1. The molecule has 0 saturated carbocycles. The number of thioether (sulfide) groups is 2. The predicted molar refractivity (Wildman–Crippen MR) is 139 cm³/mol. The third-order valence-electron chi connectivity index (χ3n) is 6.04. The molecule has 8 nitrogen and oxygen atoms in total. The zero-order valence-corrected chi connectivity index (χ0v) is 21.9. The van der Waals surface area contributed by atoms with E-state index in [1.165, 1.54) is 35.3 Å². The molecule has 1 aromatic carbocycles. The number of likely N-dealkylation sites (N-methyl/N-ethyl adjacent to an activating group) is 1. The monoisotopic (exact) mass is 540 g/mol. The number of aliphatic carboxylic acids is 1. The lowest BCUT2D eigenvalue weighted by Gasteiger charge is -2.51. The first-order valence-corrected chi connectivity index (χ1v) is 13.5. The minimum absolute atomic E-state index is 0.0699. The van der Waals surface area contributed by atoms with E-state index in [0.717, 1.165) is 31.7 Å². The van der Waals surface area contributed by atoms with E-state index in [1.54, 1.807) is 18.2 Å². The number of piperazine rings is 1. The van der Waals surface area contributed by atoms with Gasteiger partial charge >= 0.3 is 5.97 Å². The number of fused-ring (bicyclic) bond motifs is 1. The highest BCUT2D eigenvalue weighted by atomic mass is 35.5. The number of amides is 2. The summed E-state index contributed by atoms with van der Waals surface area (Å²) in [6, 6.07) is 7.02. The molecule has 2 fully saturated rings. The van der Waals surface area contributed by atoms with E-state index in [9.17, 15) is 19.5 Å². The Morgan fingerprint density at radius 2 is 2.00 bits per heavy atom. The van der Waals surface area contributed by atoms with Crippen LogP contribution in [0.25, 0.3) is 0 Å². The van der Waals surface area contributed by atoms with Gasteiger partial charge in [0.1, 0.15) is 20.8 Å². The second-order valence-corrected chi connectivity index (χ2v) is 11.6. The number of nitrogens with zero attached hydrogens (tertiary/aromatic N) is 3. The van der Waals surface area contributed by atoms with Crippen LogP contribution >= 0.6 is 47.3 Å². The number of carbonyl (C=O) groups excluding carboxylic acids is 2. The van der Waals surface area contributed by atoms with Crippen LogP contribution in [0.3, 0.4) is 0 Å². The Hall–Kier alpha value is -1.79. The molecule has 0 bridgehead atoms. The Labute approximate surface area is 217 Å². The maximum atomic E-state index is 13.2. The van der Waals surface area contributed by atoms with Crippen molar-refractivity contribution in [1.82, 2.24) is 20.0 Å². The van der Waals surface area contributed by atoms with Gasteiger partial charge in [-0.2, -0.15) is 0 Å². The Kier molecular flexibility index (Phi) is 7.78. The molecule has 3 heterocycles. The van der Waals surface area contributed by atoms with E-state index >= 15 is 0 Å². The number of β-lactam (4-membered cyclic amide) rings is 1. The summed E-state index contributed by atoms with van der Waals surface area (Å²) in [6.07, 6.45) is 0. The van der Waals surface area contributed by atoms with E-state index in [2.05, 4.69) is 22.2 Å². The van der Waals surface area contributed by atoms with Crippen molar-refractivity contribution in [2.24, 2.45) is 0 Å². The number of nitrogens with one attached hydrogen (secondary N) is 1. The lowest BCUT2D eigenvalue weighted by atomic mass is 9.88. The van der Waals surface area contributed by atoms with Crippen molar-refractivity contribution in [3.63, 3.8) is 0 Å².